The number of para-hydroxylation sites is 4. The maximum absolute atomic E-state index is 5.81. The molecule has 0 unspecified atom stereocenters. The molecule has 0 aliphatic rings. The van der Waals surface area contributed by atoms with Crippen molar-refractivity contribution in [1.29, 1.82) is 0 Å². The molecule has 0 atom stereocenters. The number of hydrogen-bond donors (Lipinski definition) is 2. The molecular weight excluding hydrogens is 548 g/mol. The molecule has 0 fully saturated rings. The number of benzene rings is 2. The van der Waals surface area contributed by atoms with E-state index < -0.39 is 0 Å². The van der Waals surface area contributed by atoms with Gasteiger partial charge in [-0.1, -0.05) is 24.3 Å². The van der Waals surface area contributed by atoms with Gasteiger partial charge in [-0.25, -0.2) is 0 Å². The Morgan fingerprint density at radius 1 is 0.310 bits per heavy atom. The first kappa shape index (κ1) is 35.5. The Balaban J connectivity index is 1.18. The summed E-state index contributed by atoms with van der Waals surface area (Å²) in [6, 6.07) is 14.8. The molecule has 2 aromatic rings. The predicted octanol–water partition coefficient (Wildman–Crippen LogP) is 2.44. The van der Waals surface area contributed by atoms with Gasteiger partial charge in [0.25, 0.3) is 0 Å². The zero-order valence-corrected chi connectivity index (χ0v) is 24.6. The highest BCUT2D eigenvalue weighted by atomic mass is 16.6. The summed E-state index contributed by atoms with van der Waals surface area (Å²) in [6.07, 6.45) is 0. The van der Waals surface area contributed by atoms with E-state index in [4.69, 9.17) is 58.8 Å². The first-order valence-corrected chi connectivity index (χ1v) is 14.3. The minimum atomic E-state index is 0.438. The molecule has 4 N–H and O–H groups in total. The van der Waals surface area contributed by atoms with E-state index >= 15 is 0 Å². The smallest absolute Gasteiger partial charge is 0.142 e. The molecule has 2 rings (SSSR count). The minimum absolute atomic E-state index is 0.438. The Morgan fingerprint density at radius 2 is 0.524 bits per heavy atom. The SMILES string of the molecule is Nc1ccccc1OCCOCCOCCOCCOCCOCCOCCOCCOCCOc1ccccc1N. The lowest BCUT2D eigenvalue weighted by atomic mass is 10.3. The average molecular weight is 597 g/mol. The molecule has 2 aromatic carbocycles. The third-order valence-electron chi connectivity index (χ3n) is 5.41. The van der Waals surface area contributed by atoms with Crippen LogP contribution in [0.25, 0.3) is 0 Å². The summed E-state index contributed by atoms with van der Waals surface area (Å²) in [4.78, 5) is 0. The van der Waals surface area contributed by atoms with E-state index in [0.717, 1.165) is 0 Å². The predicted molar refractivity (Wildman–Crippen MR) is 159 cm³/mol. The molecule has 0 aliphatic carbocycles. The van der Waals surface area contributed by atoms with E-state index in [2.05, 4.69) is 0 Å². The van der Waals surface area contributed by atoms with E-state index in [0.29, 0.717) is 142 Å². The van der Waals surface area contributed by atoms with Gasteiger partial charge in [0.2, 0.25) is 0 Å². The molecule has 0 aliphatic heterocycles. The summed E-state index contributed by atoms with van der Waals surface area (Å²) >= 11 is 0. The van der Waals surface area contributed by atoms with Crippen LogP contribution in [0.2, 0.25) is 0 Å². The summed E-state index contributed by atoms with van der Waals surface area (Å²) in [5.41, 5.74) is 12.9. The van der Waals surface area contributed by atoms with Crippen molar-refractivity contribution in [1.82, 2.24) is 0 Å². The monoisotopic (exact) mass is 596 g/mol. The first-order valence-electron chi connectivity index (χ1n) is 14.3. The van der Waals surface area contributed by atoms with Gasteiger partial charge in [0.15, 0.2) is 0 Å². The number of anilines is 2. The fourth-order valence-corrected chi connectivity index (χ4v) is 3.29. The van der Waals surface area contributed by atoms with Gasteiger partial charge in [-0.2, -0.15) is 0 Å². The lowest BCUT2D eigenvalue weighted by Crippen LogP contribution is -2.15. The second-order valence-electron chi connectivity index (χ2n) is 8.67. The summed E-state index contributed by atoms with van der Waals surface area (Å²) in [5, 5.41) is 0. The van der Waals surface area contributed by atoms with Crippen LogP contribution in [0.5, 0.6) is 11.5 Å². The van der Waals surface area contributed by atoms with E-state index in [9.17, 15) is 0 Å². The molecule has 0 saturated carbocycles. The highest BCUT2D eigenvalue weighted by Gasteiger charge is 2.00. The van der Waals surface area contributed by atoms with Crippen LogP contribution < -0.4 is 20.9 Å². The molecule has 0 saturated heterocycles. The van der Waals surface area contributed by atoms with Crippen molar-refractivity contribution in [2.45, 2.75) is 0 Å². The average Bonchev–Trinajstić information content (AvgIpc) is 3.00. The van der Waals surface area contributed by atoms with Gasteiger partial charge in [0.1, 0.15) is 24.7 Å². The number of nitrogen functional groups attached to an aromatic ring is 2. The number of ether oxygens (including phenoxy) is 10. The van der Waals surface area contributed by atoms with Crippen molar-refractivity contribution in [3.63, 3.8) is 0 Å². The van der Waals surface area contributed by atoms with Gasteiger partial charge < -0.3 is 58.8 Å². The minimum Gasteiger partial charge on any atom is -0.489 e. The van der Waals surface area contributed by atoms with Gasteiger partial charge in [-0.05, 0) is 24.3 Å². The molecule has 42 heavy (non-hydrogen) atoms. The number of rotatable bonds is 29. The Kier molecular flexibility index (Phi) is 22.0. The quantitative estimate of drug-likeness (QED) is 0.105. The molecule has 238 valence electrons. The van der Waals surface area contributed by atoms with Crippen molar-refractivity contribution in [3.8, 4) is 11.5 Å². The second-order valence-corrected chi connectivity index (χ2v) is 8.67. The highest BCUT2D eigenvalue weighted by molar-refractivity contribution is 5.52. The Morgan fingerprint density at radius 3 is 0.762 bits per heavy atom. The van der Waals surface area contributed by atoms with Crippen LogP contribution in [0.15, 0.2) is 48.5 Å². The largest absolute Gasteiger partial charge is 0.489 e. The van der Waals surface area contributed by atoms with Crippen LogP contribution in [0.3, 0.4) is 0 Å². The van der Waals surface area contributed by atoms with Crippen LogP contribution in [0.4, 0.5) is 11.4 Å². The van der Waals surface area contributed by atoms with Crippen molar-refractivity contribution >= 4 is 11.4 Å². The van der Waals surface area contributed by atoms with Crippen molar-refractivity contribution in [3.05, 3.63) is 48.5 Å². The van der Waals surface area contributed by atoms with Crippen LogP contribution in [-0.2, 0) is 37.9 Å². The summed E-state index contributed by atoms with van der Waals surface area (Å²) in [7, 11) is 0. The zero-order valence-electron chi connectivity index (χ0n) is 24.6. The summed E-state index contributed by atoms with van der Waals surface area (Å²) in [5.74, 6) is 1.34. The van der Waals surface area contributed by atoms with Crippen LogP contribution >= 0.6 is 0 Å². The molecule has 0 heterocycles. The van der Waals surface area contributed by atoms with E-state index in [1.54, 1.807) is 12.1 Å². The fourth-order valence-electron chi connectivity index (χ4n) is 3.29. The van der Waals surface area contributed by atoms with E-state index in [1.165, 1.54) is 0 Å². The summed E-state index contributed by atoms with van der Waals surface area (Å²) in [6.45, 7) is 8.85. The third kappa shape index (κ3) is 19.4. The van der Waals surface area contributed by atoms with Crippen LogP contribution in [-0.4, -0.2) is 119 Å². The molecule has 12 heteroatoms. The van der Waals surface area contributed by atoms with E-state index in [-0.39, 0.29) is 0 Å². The van der Waals surface area contributed by atoms with Crippen molar-refractivity contribution < 1.29 is 47.4 Å². The van der Waals surface area contributed by atoms with Gasteiger partial charge >= 0.3 is 0 Å². The first-order chi connectivity index (χ1) is 20.8. The molecule has 0 amide bonds. The normalized spacial score (nSPS) is 11.1. The maximum atomic E-state index is 5.81. The Labute approximate surface area is 249 Å². The lowest BCUT2D eigenvalue weighted by Gasteiger charge is -2.10. The van der Waals surface area contributed by atoms with Crippen LogP contribution in [0, 0.1) is 0 Å². The van der Waals surface area contributed by atoms with Gasteiger partial charge in [-0.3, -0.25) is 0 Å². The second kappa shape index (κ2) is 26.0. The standard InChI is InChI=1S/C30H48N2O10/c31-27-5-1-3-7-29(27)41-25-23-39-21-19-37-17-15-35-13-11-33-9-10-34-12-14-36-16-18-38-20-22-40-24-26-42-30-8-4-2-6-28(30)32/h1-8H,9-26,31-32H2. The Hall–Kier alpha value is -2.68. The topological polar surface area (TPSA) is 144 Å². The van der Waals surface area contributed by atoms with Gasteiger partial charge in [-0.15, -0.1) is 0 Å². The van der Waals surface area contributed by atoms with Gasteiger partial charge in [0.05, 0.1) is 117 Å². The fraction of sp³-hybridized carbons (Fsp3) is 0.600. The lowest BCUT2D eigenvalue weighted by molar-refractivity contribution is -0.0241. The number of nitrogens with two attached hydrogens (primary N) is 2. The molecule has 12 nitrogen and oxygen atoms in total. The molecule has 0 bridgehead atoms. The summed E-state index contributed by atoms with van der Waals surface area (Å²) < 4.78 is 54.9. The van der Waals surface area contributed by atoms with Crippen molar-refractivity contribution in [2.24, 2.45) is 0 Å². The number of hydrogen-bond acceptors (Lipinski definition) is 12. The van der Waals surface area contributed by atoms with Crippen LogP contribution in [0.1, 0.15) is 0 Å². The molecule has 0 spiro atoms. The van der Waals surface area contributed by atoms with Crippen molar-refractivity contribution in [2.75, 3.05) is 130 Å². The Bertz CT molecular complexity index is 821. The van der Waals surface area contributed by atoms with E-state index in [1.807, 2.05) is 36.4 Å². The maximum Gasteiger partial charge on any atom is 0.142 e. The molecule has 0 radical (unpaired) electrons. The van der Waals surface area contributed by atoms with Gasteiger partial charge in [0, 0.05) is 0 Å². The highest BCUT2D eigenvalue weighted by Crippen LogP contribution is 2.20. The molecule has 0 aromatic heterocycles. The molecular formula is C30H48N2O10. The zero-order chi connectivity index (χ0) is 29.8. The third-order valence-corrected chi connectivity index (χ3v) is 5.41.